The molecule has 0 aromatic heterocycles. The first-order valence-corrected chi connectivity index (χ1v) is 8.22. The maximum atomic E-state index is 11.3. The van der Waals surface area contributed by atoms with Crippen LogP contribution in [0.15, 0.2) is 16.6 Å². The highest BCUT2D eigenvalue weighted by molar-refractivity contribution is 9.10. The van der Waals surface area contributed by atoms with Crippen LogP contribution in [-0.2, 0) is 11.3 Å². The van der Waals surface area contributed by atoms with Gasteiger partial charge in [0.15, 0.2) is 6.10 Å². The molecule has 116 valence electrons. The van der Waals surface area contributed by atoms with E-state index in [1.54, 1.807) is 0 Å². The third kappa shape index (κ3) is 4.71. The average molecular weight is 356 g/mol. The Morgan fingerprint density at radius 3 is 2.81 bits per heavy atom. The van der Waals surface area contributed by atoms with Gasteiger partial charge < -0.3 is 15.2 Å². The first-order chi connectivity index (χ1) is 10.0. The molecule has 1 unspecified atom stereocenters. The summed E-state index contributed by atoms with van der Waals surface area (Å²) in [4.78, 5) is 11.3. The van der Waals surface area contributed by atoms with Gasteiger partial charge in [-0.3, -0.25) is 0 Å². The molecule has 0 saturated heterocycles. The second-order valence-electron chi connectivity index (χ2n) is 5.60. The van der Waals surface area contributed by atoms with E-state index in [4.69, 9.17) is 4.74 Å². The number of carbonyl (C=O) groups is 1. The summed E-state index contributed by atoms with van der Waals surface area (Å²) < 4.78 is 6.81. The molecule has 1 aliphatic rings. The van der Waals surface area contributed by atoms with Gasteiger partial charge in [0.2, 0.25) is 0 Å². The zero-order chi connectivity index (χ0) is 15.4. The van der Waals surface area contributed by atoms with Gasteiger partial charge in [0, 0.05) is 22.6 Å². The molecule has 0 radical (unpaired) electrons. The summed E-state index contributed by atoms with van der Waals surface area (Å²) in [5.74, 6) is -0.201. The molecule has 1 atom stereocenters. The maximum Gasteiger partial charge on any atom is 0.344 e. The van der Waals surface area contributed by atoms with Gasteiger partial charge in [-0.05, 0) is 43.9 Å². The molecule has 2 N–H and O–H groups in total. The first kappa shape index (κ1) is 16.3. The summed E-state index contributed by atoms with van der Waals surface area (Å²) in [6, 6.07) is 4.56. The van der Waals surface area contributed by atoms with Crippen LogP contribution >= 0.6 is 15.9 Å². The van der Waals surface area contributed by atoms with Crippen molar-refractivity contribution in [3.05, 3.63) is 27.7 Å². The second kappa shape index (κ2) is 7.27. The fraction of sp³-hybridized carbons (Fsp3) is 0.562. The second-order valence-corrected chi connectivity index (χ2v) is 6.52. The van der Waals surface area contributed by atoms with Gasteiger partial charge in [0.05, 0.1) is 0 Å². The molecule has 1 saturated carbocycles. The molecule has 2 rings (SSSR count). The van der Waals surface area contributed by atoms with E-state index in [9.17, 15) is 9.90 Å². The van der Waals surface area contributed by atoms with E-state index in [0.717, 1.165) is 22.0 Å². The molecule has 0 amide bonds. The van der Waals surface area contributed by atoms with Gasteiger partial charge in [-0.25, -0.2) is 4.79 Å². The number of hydrogen-bond donors (Lipinski definition) is 2. The number of ether oxygens (including phenoxy) is 1. The van der Waals surface area contributed by atoms with Crippen LogP contribution in [0.1, 0.15) is 43.7 Å². The number of halogens is 1. The summed E-state index contributed by atoms with van der Waals surface area (Å²) >= 11 is 3.50. The van der Waals surface area contributed by atoms with Crippen LogP contribution in [-0.4, -0.2) is 23.2 Å². The minimum atomic E-state index is -0.903. The summed E-state index contributed by atoms with van der Waals surface area (Å²) in [7, 11) is 0. The van der Waals surface area contributed by atoms with Gasteiger partial charge in [0.1, 0.15) is 5.75 Å². The van der Waals surface area contributed by atoms with Crippen LogP contribution < -0.4 is 10.1 Å². The highest BCUT2D eigenvalue weighted by Crippen LogP contribution is 2.30. The Morgan fingerprint density at radius 1 is 1.52 bits per heavy atom. The third-order valence-electron chi connectivity index (χ3n) is 3.56. The lowest BCUT2D eigenvalue weighted by Gasteiger charge is -2.20. The summed E-state index contributed by atoms with van der Waals surface area (Å²) in [5.41, 5.74) is 1.97. The minimum Gasteiger partial charge on any atom is -0.479 e. The van der Waals surface area contributed by atoms with Crippen molar-refractivity contribution < 1.29 is 14.6 Å². The molecule has 1 aromatic rings. The lowest BCUT2D eigenvalue weighted by molar-refractivity contribution is -0.145. The van der Waals surface area contributed by atoms with Crippen LogP contribution in [0.5, 0.6) is 5.75 Å². The Morgan fingerprint density at radius 2 is 2.24 bits per heavy atom. The minimum absolute atomic E-state index is 0.514. The van der Waals surface area contributed by atoms with E-state index in [-0.39, 0.29) is 0 Å². The Hall–Kier alpha value is -1.07. The van der Waals surface area contributed by atoms with Crippen LogP contribution in [0.3, 0.4) is 0 Å². The molecule has 1 fully saturated rings. The lowest BCUT2D eigenvalue weighted by atomic mass is 10.1. The predicted octanol–water partition coefficient (Wildman–Crippen LogP) is 3.64. The molecule has 4 nitrogen and oxygen atoms in total. The predicted molar refractivity (Wildman–Crippen MR) is 85.7 cm³/mol. The van der Waals surface area contributed by atoms with Crippen molar-refractivity contribution in [2.24, 2.45) is 0 Å². The largest absolute Gasteiger partial charge is 0.479 e. The normalized spacial score (nSPS) is 15.8. The molecule has 1 aromatic carbocycles. The van der Waals surface area contributed by atoms with E-state index in [0.29, 0.717) is 24.8 Å². The molecule has 21 heavy (non-hydrogen) atoms. The topological polar surface area (TPSA) is 58.6 Å². The standard InChI is InChI=1S/C16H22BrNO3/c1-3-4-14(16(19)20)21-15-10(2)7-12(17)8-11(15)9-18-13-5-6-13/h7-8,13-14,18H,3-6,9H2,1-2H3,(H,19,20). The van der Waals surface area contributed by atoms with Crippen molar-refractivity contribution in [2.75, 3.05) is 0 Å². The summed E-state index contributed by atoms with van der Waals surface area (Å²) in [6.45, 7) is 4.62. The Balaban J connectivity index is 2.19. The van der Waals surface area contributed by atoms with E-state index in [2.05, 4.69) is 21.2 Å². The van der Waals surface area contributed by atoms with E-state index in [1.165, 1.54) is 12.8 Å². The molecule has 0 aliphatic heterocycles. The third-order valence-corrected chi connectivity index (χ3v) is 4.02. The molecule has 5 heteroatoms. The van der Waals surface area contributed by atoms with Crippen molar-refractivity contribution in [1.29, 1.82) is 0 Å². The zero-order valence-corrected chi connectivity index (χ0v) is 14.1. The van der Waals surface area contributed by atoms with Crippen LogP contribution in [0, 0.1) is 6.92 Å². The Kier molecular flexibility index (Phi) is 5.65. The van der Waals surface area contributed by atoms with E-state index >= 15 is 0 Å². The van der Waals surface area contributed by atoms with Crippen LogP contribution in [0.2, 0.25) is 0 Å². The number of rotatable bonds is 8. The zero-order valence-electron chi connectivity index (χ0n) is 12.5. The quantitative estimate of drug-likeness (QED) is 0.747. The number of hydrogen-bond acceptors (Lipinski definition) is 3. The Labute approximate surface area is 134 Å². The number of aryl methyl sites for hydroxylation is 1. The van der Waals surface area contributed by atoms with Gasteiger partial charge in [-0.1, -0.05) is 29.3 Å². The monoisotopic (exact) mass is 355 g/mol. The molecular weight excluding hydrogens is 334 g/mol. The smallest absolute Gasteiger partial charge is 0.344 e. The maximum absolute atomic E-state index is 11.3. The van der Waals surface area contributed by atoms with Crippen LogP contribution in [0.25, 0.3) is 0 Å². The molecular formula is C16H22BrNO3. The van der Waals surface area contributed by atoms with Crippen molar-refractivity contribution in [1.82, 2.24) is 5.32 Å². The Bertz CT molecular complexity index is 514. The lowest BCUT2D eigenvalue weighted by Crippen LogP contribution is -2.28. The van der Waals surface area contributed by atoms with E-state index in [1.807, 2.05) is 26.0 Å². The number of nitrogens with one attached hydrogen (secondary N) is 1. The summed E-state index contributed by atoms with van der Waals surface area (Å²) in [5, 5.41) is 12.7. The molecule has 1 aliphatic carbocycles. The molecule has 0 bridgehead atoms. The number of aliphatic carboxylic acids is 1. The molecule has 0 spiro atoms. The fourth-order valence-electron chi connectivity index (χ4n) is 2.28. The summed E-state index contributed by atoms with van der Waals surface area (Å²) in [6.07, 6.45) is 2.95. The highest BCUT2D eigenvalue weighted by atomic mass is 79.9. The van der Waals surface area contributed by atoms with Crippen molar-refractivity contribution in [3.8, 4) is 5.75 Å². The van der Waals surface area contributed by atoms with Gasteiger partial charge in [-0.15, -0.1) is 0 Å². The fourth-order valence-corrected chi connectivity index (χ4v) is 2.90. The van der Waals surface area contributed by atoms with Gasteiger partial charge >= 0.3 is 5.97 Å². The van der Waals surface area contributed by atoms with Crippen LogP contribution in [0.4, 0.5) is 0 Å². The van der Waals surface area contributed by atoms with Gasteiger partial charge in [0.25, 0.3) is 0 Å². The average Bonchev–Trinajstić information content (AvgIpc) is 3.22. The SMILES string of the molecule is CCCC(Oc1c(C)cc(Br)cc1CNC1CC1)C(=O)O. The van der Waals surface area contributed by atoms with Crippen molar-refractivity contribution in [3.63, 3.8) is 0 Å². The van der Waals surface area contributed by atoms with Crippen molar-refractivity contribution >= 4 is 21.9 Å². The van der Waals surface area contributed by atoms with Crippen molar-refractivity contribution in [2.45, 2.75) is 58.2 Å². The highest BCUT2D eigenvalue weighted by Gasteiger charge is 2.23. The van der Waals surface area contributed by atoms with E-state index < -0.39 is 12.1 Å². The number of benzene rings is 1. The van der Waals surface area contributed by atoms with Gasteiger partial charge in [-0.2, -0.15) is 0 Å². The number of carboxylic acid groups (broad SMARTS) is 1. The number of carboxylic acids is 1. The first-order valence-electron chi connectivity index (χ1n) is 7.43. The molecule has 0 heterocycles.